The Bertz CT molecular complexity index is 110. The number of nitrogens with one attached hydrogen (secondary N) is 3. The van der Waals surface area contributed by atoms with Gasteiger partial charge in [0, 0.05) is 31.7 Å². The molecular weight excluding hydrogens is 126 g/mol. The van der Waals surface area contributed by atoms with E-state index < -0.39 is 0 Å². The van der Waals surface area contributed by atoms with E-state index in [1.807, 2.05) is 0 Å². The molecule has 0 aromatic heterocycles. The molecule has 1 atom stereocenters. The second kappa shape index (κ2) is 2.49. The third kappa shape index (κ3) is 1.05. The smallest absolute Gasteiger partial charge is 0.0444 e. The molecule has 0 saturated carbocycles. The van der Waals surface area contributed by atoms with Crippen molar-refractivity contribution >= 4 is 0 Å². The van der Waals surface area contributed by atoms with E-state index in [2.05, 4.69) is 16.0 Å². The van der Waals surface area contributed by atoms with E-state index in [0.29, 0.717) is 5.54 Å². The first kappa shape index (κ1) is 6.58. The lowest BCUT2D eigenvalue weighted by molar-refractivity contribution is 0.296. The Labute approximate surface area is 61.6 Å². The summed E-state index contributed by atoms with van der Waals surface area (Å²) in [4.78, 5) is 0. The molecule has 10 heavy (non-hydrogen) atoms. The van der Waals surface area contributed by atoms with Crippen LogP contribution in [0, 0.1) is 0 Å². The van der Waals surface area contributed by atoms with E-state index >= 15 is 0 Å². The average molecular weight is 141 g/mol. The van der Waals surface area contributed by atoms with Gasteiger partial charge in [0.25, 0.3) is 0 Å². The predicted molar refractivity (Wildman–Crippen MR) is 41.1 cm³/mol. The van der Waals surface area contributed by atoms with Gasteiger partial charge in [-0.05, 0) is 13.0 Å². The summed E-state index contributed by atoms with van der Waals surface area (Å²) in [5.41, 5.74) is 0.401. The Hall–Kier alpha value is -0.120. The van der Waals surface area contributed by atoms with Crippen LogP contribution in [-0.2, 0) is 0 Å². The molecule has 3 heteroatoms. The van der Waals surface area contributed by atoms with Crippen molar-refractivity contribution < 1.29 is 0 Å². The lowest BCUT2D eigenvalue weighted by atomic mass is 9.97. The van der Waals surface area contributed by atoms with Crippen molar-refractivity contribution in [1.82, 2.24) is 16.0 Å². The summed E-state index contributed by atoms with van der Waals surface area (Å²) >= 11 is 0. The number of rotatable bonds is 0. The number of piperazine rings is 1. The van der Waals surface area contributed by atoms with E-state index in [0.717, 1.165) is 26.2 Å². The van der Waals surface area contributed by atoms with Crippen LogP contribution in [0.2, 0.25) is 0 Å². The Morgan fingerprint density at radius 1 is 0.900 bits per heavy atom. The van der Waals surface area contributed by atoms with Crippen LogP contribution in [0.25, 0.3) is 0 Å². The van der Waals surface area contributed by atoms with Crippen LogP contribution >= 0.6 is 0 Å². The fourth-order valence-electron chi connectivity index (χ4n) is 1.85. The van der Waals surface area contributed by atoms with Crippen LogP contribution < -0.4 is 16.0 Å². The van der Waals surface area contributed by atoms with Crippen molar-refractivity contribution in [2.75, 3.05) is 32.7 Å². The fraction of sp³-hybridized carbons (Fsp3) is 1.00. The first-order valence-electron chi connectivity index (χ1n) is 4.08. The van der Waals surface area contributed by atoms with Crippen LogP contribution in [0.3, 0.4) is 0 Å². The van der Waals surface area contributed by atoms with Gasteiger partial charge in [0.2, 0.25) is 0 Å². The first-order valence-corrected chi connectivity index (χ1v) is 4.08. The maximum absolute atomic E-state index is 3.57. The summed E-state index contributed by atoms with van der Waals surface area (Å²) in [6, 6.07) is 0. The minimum Gasteiger partial charge on any atom is -0.315 e. The van der Waals surface area contributed by atoms with Crippen LogP contribution in [-0.4, -0.2) is 38.3 Å². The number of hydrogen-bond donors (Lipinski definition) is 3. The van der Waals surface area contributed by atoms with Crippen LogP contribution in [0.15, 0.2) is 0 Å². The van der Waals surface area contributed by atoms with Gasteiger partial charge in [-0.25, -0.2) is 0 Å². The van der Waals surface area contributed by atoms with Gasteiger partial charge in [-0.1, -0.05) is 0 Å². The molecule has 1 unspecified atom stereocenters. The van der Waals surface area contributed by atoms with E-state index in [4.69, 9.17) is 0 Å². The summed E-state index contributed by atoms with van der Waals surface area (Å²) in [5, 5.41) is 10.4. The molecule has 58 valence electrons. The van der Waals surface area contributed by atoms with Crippen molar-refractivity contribution in [2.45, 2.75) is 12.0 Å². The summed E-state index contributed by atoms with van der Waals surface area (Å²) in [6.07, 6.45) is 1.28. The molecule has 2 aliphatic heterocycles. The highest BCUT2D eigenvalue weighted by Gasteiger charge is 2.34. The van der Waals surface area contributed by atoms with E-state index in [-0.39, 0.29) is 0 Å². The van der Waals surface area contributed by atoms with Crippen molar-refractivity contribution in [3.8, 4) is 0 Å². The zero-order chi connectivity index (χ0) is 6.86. The molecule has 0 amide bonds. The highest BCUT2D eigenvalue weighted by Crippen LogP contribution is 2.14. The van der Waals surface area contributed by atoms with Gasteiger partial charge in [0.05, 0.1) is 0 Å². The Morgan fingerprint density at radius 2 is 1.70 bits per heavy atom. The van der Waals surface area contributed by atoms with Gasteiger partial charge in [-0.3, -0.25) is 0 Å². The van der Waals surface area contributed by atoms with Gasteiger partial charge >= 0.3 is 0 Å². The third-order valence-electron chi connectivity index (χ3n) is 2.51. The quantitative estimate of drug-likeness (QED) is 0.401. The van der Waals surface area contributed by atoms with Gasteiger partial charge in [0.1, 0.15) is 0 Å². The minimum atomic E-state index is 0.401. The monoisotopic (exact) mass is 141 g/mol. The fourth-order valence-corrected chi connectivity index (χ4v) is 1.85. The molecule has 2 saturated heterocycles. The van der Waals surface area contributed by atoms with Crippen molar-refractivity contribution in [2.24, 2.45) is 0 Å². The number of hydrogen-bond acceptors (Lipinski definition) is 3. The first-order chi connectivity index (χ1) is 4.91. The molecule has 3 N–H and O–H groups in total. The topological polar surface area (TPSA) is 36.1 Å². The largest absolute Gasteiger partial charge is 0.315 e. The Morgan fingerprint density at radius 3 is 2.30 bits per heavy atom. The molecule has 2 aliphatic rings. The molecule has 0 aromatic rings. The zero-order valence-electron chi connectivity index (χ0n) is 6.24. The van der Waals surface area contributed by atoms with Crippen LogP contribution in [0.1, 0.15) is 6.42 Å². The van der Waals surface area contributed by atoms with Gasteiger partial charge in [-0.2, -0.15) is 0 Å². The maximum atomic E-state index is 3.57. The SMILES string of the molecule is C1CNC2(CCNC2)CN1. The molecule has 0 bridgehead atoms. The minimum absolute atomic E-state index is 0.401. The second-order valence-corrected chi connectivity index (χ2v) is 3.31. The van der Waals surface area contributed by atoms with Crippen LogP contribution in [0.5, 0.6) is 0 Å². The second-order valence-electron chi connectivity index (χ2n) is 3.31. The van der Waals surface area contributed by atoms with E-state index in [1.54, 1.807) is 0 Å². The van der Waals surface area contributed by atoms with Crippen LogP contribution in [0.4, 0.5) is 0 Å². The lowest BCUT2D eigenvalue weighted by Crippen LogP contribution is -2.60. The van der Waals surface area contributed by atoms with Crippen molar-refractivity contribution in [1.29, 1.82) is 0 Å². The Balaban J connectivity index is 1.98. The summed E-state index contributed by atoms with van der Waals surface area (Å²) in [5.74, 6) is 0. The van der Waals surface area contributed by atoms with Gasteiger partial charge in [-0.15, -0.1) is 0 Å². The van der Waals surface area contributed by atoms with E-state index in [1.165, 1.54) is 13.0 Å². The van der Waals surface area contributed by atoms with Crippen molar-refractivity contribution in [3.05, 3.63) is 0 Å². The highest BCUT2D eigenvalue weighted by atomic mass is 15.2. The summed E-state index contributed by atoms with van der Waals surface area (Å²) in [7, 11) is 0. The summed E-state index contributed by atoms with van der Waals surface area (Å²) in [6.45, 7) is 5.71. The molecule has 0 aromatic carbocycles. The molecule has 3 nitrogen and oxygen atoms in total. The van der Waals surface area contributed by atoms with Gasteiger partial charge < -0.3 is 16.0 Å². The normalized spacial score (nSPS) is 40.8. The molecule has 1 spiro atoms. The zero-order valence-corrected chi connectivity index (χ0v) is 6.24. The Kier molecular flexibility index (Phi) is 1.64. The maximum Gasteiger partial charge on any atom is 0.0444 e. The van der Waals surface area contributed by atoms with E-state index in [9.17, 15) is 0 Å². The molecule has 2 heterocycles. The third-order valence-corrected chi connectivity index (χ3v) is 2.51. The predicted octanol–water partition coefficient (Wildman–Crippen LogP) is -1.09. The van der Waals surface area contributed by atoms with Gasteiger partial charge in [0.15, 0.2) is 0 Å². The molecule has 0 aliphatic carbocycles. The molecular formula is C7H15N3. The highest BCUT2D eigenvalue weighted by molar-refractivity contribution is 4.99. The molecule has 0 radical (unpaired) electrons. The molecule has 2 fully saturated rings. The average Bonchev–Trinajstić information content (AvgIpc) is 2.39. The van der Waals surface area contributed by atoms with Crippen molar-refractivity contribution in [3.63, 3.8) is 0 Å². The molecule has 2 rings (SSSR count). The lowest BCUT2D eigenvalue weighted by Gasteiger charge is -2.34. The standard InChI is InChI=1S/C7H15N3/c1-2-8-5-7(1)6-9-3-4-10-7/h8-10H,1-6H2. The summed E-state index contributed by atoms with van der Waals surface area (Å²) < 4.78 is 0.